The third kappa shape index (κ3) is 15.6. The van der Waals surface area contributed by atoms with E-state index in [4.69, 9.17) is 24.0 Å². The van der Waals surface area contributed by atoms with E-state index >= 15 is 0 Å². The quantitative estimate of drug-likeness (QED) is 0.152. The van der Waals surface area contributed by atoms with Crippen LogP contribution in [-0.2, 0) is 35.4 Å². The molecule has 2 aromatic carbocycles. The van der Waals surface area contributed by atoms with Gasteiger partial charge >= 0.3 is 0 Å². The van der Waals surface area contributed by atoms with Crippen LogP contribution in [0.1, 0.15) is 168 Å². The predicted molar refractivity (Wildman–Crippen MR) is 238 cm³/mol. The minimum atomic E-state index is -0.813. The summed E-state index contributed by atoms with van der Waals surface area (Å²) in [6.45, 7) is 32.1. The average Bonchev–Trinajstić information content (AvgIpc) is 3.51. The van der Waals surface area contributed by atoms with E-state index in [-0.39, 0.29) is 36.0 Å². The van der Waals surface area contributed by atoms with Crippen LogP contribution in [0.2, 0.25) is 0 Å². The number of carbonyl (C=O) groups excluding carboxylic acids is 3. The zero-order chi connectivity index (χ0) is 45.1. The number of rotatable bonds is 8. The molecule has 0 radical (unpaired) electrons. The number of benzene rings is 2. The molecular formula is C47H81N3O8. The summed E-state index contributed by atoms with van der Waals surface area (Å²) in [5.41, 5.74) is 6.80. The molecular weight excluding hydrogens is 735 g/mol. The fraction of sp³-hybridized carbons (Fsp3) is 0.660. The summed E-state index contributed by atoms with van der Waals surface area (Å²) in [7, 11) is 1.59. The van der Waals surface area contributed by atoms with Gasteiger partial charge < -0.3 is 25.3 Å². The molecule has 11 nitrogen and oxygen atoms in total. The van der Waals surface area contributed by atoms with Crippen LogP contribution in [0.4, 0.5) is 0 Å². The van der Waals surface area contributed by atoms with Gasteiger partial charge in [-0.15, -0.1) is 0 Å². The number of carbonyl (C=O) groups is 3. The second-order valence-electron chi connectivity index (χ2n) is 13.0. The lowest BCUT2D eigenvalue weighted by Gasteiger charge is -2.60. The van der Waals surface area contributed by atoms with Gasteiger partial charge in [0.1, 0.15) is 6.54 Å². The number of nitrogens with zero attached hydrogens (tertiary/aromatic N) is 1. The smallest absolute Gasteiger partial charge is 0.251 e. The van der Waals surface area contributed by atoms with Crippen LogP contribution in [0.25, 0.3) is 0 Å². The van der Waals surface area contributed by atoms with Gasteiger partial charge in [-0.25, -0.2) is 9.78 Å². The molecule has 2 aromatic rings. The van der Waals surface area contributed by atoms with Crippen molar-refractivity contribution in [1.29, 1.82) is 0 Å². The number of fused-ring (bicyclic) bond motifs is 2. The maximum absolute atomic E-state index is 12.7. The molecule has 1 aliphatic carbocycles. The predicted octanol–water partition coefficient (Wildman–Crippen LogP) is 10.7. The van der Waals surface area contributed by atoms with Gasteiger partial charge in [-0.3, -0.25) is 19.4 Å². The number of ketones is 1. The Hall–Kier alpha value is -3.48. The van der Waals surface area contributed by atoms with Crippen LogP contribution >= 0.6 is 0 Å². The number of Topliss-reactive ketones (excluding diaryl/α,β-unsaturated/α-hetero) is 1. The maximum atomic E-state index is 12.7. The van der Waals surface area contributed by atoms with Gasteiger partial charge in [-0.1, -0.05) is 133 Å². The van der Waals surface area contributed by atoms with Crippen molar-refractivity contribution >= 4 is 23.8 Å². The maximum Gasteiger partial charge on any atom is 0.251 e. The zero-order valence-electron chi connectivity index (χ0n) is 39.2. The molecule has 1 spiro atoms. The molecule has 5 aliphatic rings. The summed E-state index contributed by atoms with van der Waals surface area (Å²) in [6, 6.07) is 14.5. The van der Waals surface area contributed by atoms with Crippen LogP contribution < -0.4 is 11.1 Å². The third-order valence-electron chi connectivity index (χ3n) is 9.66. The average molecular weight is 816 g/mol. The van der Waals surface area contributed by atoms with Gasteiger partial charge in [-0.05, 0) is 61.3 Å². The highest BCUT2D eigenvalue weighted by Gasteiger charge is 2.69. The fourth-order valence-corrected chi connectivity index (χ4v) is 7.22. The van der Waals surface area contributed by atoms with Gasteiger partial charge in [0.25, 0.3) is 5.91 Å². The monoisotopic (exact) mass is 816 g/mol. The van der Waals surface area contributed by atoms with E-state index in [0.29, 0.717) is 29.6 Å². The molecule has 5 fully saturated rings. The molecule has 7 rings (SSSR count). The summed E-state index contributed by atoms with van der Waals surface area (Å²) < 4.78 is 19.3. The Labute approximate surface area is 352 Å². The van der Waals surface area contributed by atoms with Crippen molar-refractivity contribution in [2.75, 3.05) is 13.6 Å². The lowest BCUT2D eigenvalue weighted by molar-refractivity contribution is -0.577. The number of amides is 2. The Morgan fingerprint density at radius 3 is 1.88 bits per heavy atom. The first kappa shape index (κ1) is 56.6. The molecule has 332 valence electrons. The van der Waals surface area contributed by atoms with Gasteiger partial charge in [0.15, 0.2) is 24.0 Å². The number of nitrogens with one attached hydrogen (secondary N) is 1. The van der Waals surface area contributed by atoms with E-state index in [1.165, 1.54) is 6.92 Å². The SMILES string of the molecule is CC.CC.CC.CC.CC.CC.CC(N)=O.CNC(=O)c1ccc(C=NCC(=O)c2ccc(COC3OC4O[C@@]5(C)CCC6[C@H](C)CCC([C@H]3C)[C@@]46OO5)cc2)cc1. The van der Waals surface area contributed by atoms with E-state index in [9.17, 15) is 14.4 Å². The molecule has 11 heteroatoms. The number of ether oxygens (including phenoxy) is 3. The van der Waals surface area contributed by atoms with Crippen molar-refractivity contribution in [3.8, 4) is 0 Å². The summed E-state index contributed by atoms with van der Waals surface area (Å²) in [5, 5.41) is 2.59. The Kier molecular flexibility index (Phi) is 29.8. The van der Waals surface area contributed by atoms with Gasteiger partial charge in [-0.2, -0.15) is 0 Å². The number of hydrogen-bond donors (Lipinski definition) is 2. The lowest BCUT2D eigenvalue weighted by atomic mass is 9.58. The highest BCUT2D eigenvalue weighted by Crippen LogP contribution is 2.60. The van der Waals surface area contributed by atoms with Gasteiger partial charge in [0.05, 0.1) is 6.61 Å². The van der Waals surface area contributed by atoms with E-state index in [0.717, 1.165) is 36.8 Å². The molecule has 58 heavy (non-hydrogen) atoms. The Morgan fingerprint density at radius 2 is 1.34 bits per heavy atom. The van der Waals surface area contributed by atoms with Crippen molar-refractivity contribution < 1.29 is 38.4 Å². The van der Waals surface area contributed by atoms with Crippen LogP contribution in [-0.4, -0.2) is 61.4 Å². The highest BCUT2D eigenvalue weighted by molar-refractivity contribution is 5.99. The standard InChI is InChI=1S/C33H40N2O7.C2H5NO.6C2H6/c1-20-5-14-27-21(2)30(39-31-33(27)26(20)15-16-32(3,40-31)41-42-33)38-19-23-8-10-24(11-9-23)28(36)18-35-17-22-6-12-25(13-7-22)29(37)34-4;1-2(3)4;6*1-2/h6-13,17,20-21,26-27,30-31H,5,14-16,18-19H2,1-4H3,(H,34,37);1H3,(H2,3,4);6*1-2H3/t20-,21-,26?,27?,30?,31?,32-,33-;;;;;;;/m1......./s1. The molecule has 4 saturated heterocycles. The number of nitrogens with two attached hydrogens (primary N) is 1. The highest BCUT2D eigenvalue weighted by atomic mass is 17.3. The molecule has 2 bridgehead atoms. The minimum Gasteiger partial charge on any atom is -0.370 e. The molecule has 8 atom stereocenters. The first-order chi connectivity index (χ1) is 28.0. The molecule has 4 aliphatic heterocycles. The summed E-state index contributed by atoms with van der Waals surface area (Å²) in [6.07, 6.45) is 4.60. The summed E-state index contributed by atoms with van der Waals surface area (Å²) in [4.78, 5) is 50.0. The minimum absolute atomic E-state index is 0.0370. The lowest BCUT2D eigenvalue weighted by Crippen LogP contribution is -2.70. The van der Waals surface area contributed by atoms with Crippen LogP contribution in [0, 0.1) is 23.7 Å². The molecule has 4 unspecified atom stereocenters. The first-order valence-corrected chi connectivity index (χ1v) is 22.0. The van der Waals surface area contributed by atoms with Crippen LogP contribution in [0.15, 0.2) is 53.5 Å². The second-order valence-corrected chi connectivity index (χ2v) is 13.0. The van der Waals surface area contributed by atoms with E-state index in [1.807, 2.05) is 102 Å². The molecule has 0 aromatic heterocycles. The number of primary amides is 1. The zero-order valence-corrected chi connectivity index (χ0v) is 39.2. The van der Waals surface area contributed by atoms with Crippen LogP contribution in [0.3, 0.4) is 0 Å². The second kappa shape index (κ2) is 30.5. The Bertz CT molecular complexity index is 1430. The van der Waals surface area contributed by atoms with Crippen molar-refractivity contribution in [2.45, 2.75) is 167 Å². The van der Waals surface area contributed by atoms with E-state index in [2.05, 4.69) is 29.9 Å². The molecule has 2 amide bonds. The topological polar surface area (TPSA) is 148 Å². The van der Waals surface area contributed by atoms with Crippen molar-refractivity contribution in [3.05, 3.63) is 70.8 Å². The first-order valence-electron chi connectivity index (χ1n) is 22.0. The normalized spacial score (nSPS) is 26.7. The van der Waals surface area contributed by atoms with Crippen molar-refractivity contribution in [1.82, 2.24) is 5.32 Å². The number of aliphatic imine (C=N–C) groups is 1. The van der Waals surface area contributed by atoms with Crippen LogP contribution in [0.5, 0.6) is 0 Å². The third-order valence-corrected chi connectivity index (χ3v) is 9.66. The van der Waals surface area contributed by atoms with E-state index < -0.39 is 24.0 Å². The fourth-order valence-electron chi connectivity index (χ4n) is 7.22. The number of hydrogen-bond acceptors (Lipinski definition) is 9. The van der Waals surface area contributed by atoms with Crippen molar-refractivity contribution in [3.63, 3.8) is 0 Å². The molecule has 4 heterocycles. The van der Waals surface area contributed by atoms with Gasteiger partial charge in [0, 0.05) is 49.6 Å². The van der Waals surface area contributed by atoms with E-state index in [1.54, 1.807) is 49.7 Å². The summed E-state index contributed by atoms with van der Waals surface area (Å²) in [5.74, 6) is -0.229. The summed E-state index contributed by atoms with van der Waals surface area (Å²) >= 11 is 0. The Balaban J connectivity index is 0. The molecule has 3 N–H and O–H groups in total. The van der Waals surface area contributed by atoms with Crippen molar-refractivity contribution in [2.24, 2.45) is 34.4 Å². The molecule has 1 saturated carbocycles. The van der Waals surface area contributed by atoms with Gasteiger partial charge in [0.2, 0.25) is 11.7 Å². The Morgan fingerprint density at radius 1 is 0.810 bits per heavy atom. The largest absolute Gasteiger partial charge is 0.370 e.